The average molecular weight is 252 g/mol. The molecule has 1 atom stereocenters. The molecule has 2 N–H and O–H groups in total. The maximum absolute atomic E-state index is 5.73. The Hall–Kier alpha value is -1.43. The van der Waals surface area contributed by atoms with Gasteiger partial charge in [-0.1, -0.05) is 13.3 Å². The van der Waals surface area contributed by atoms with Crippen LogP contribution in [0.1, 0.15) is 38.6 Å². The highest BCUT2D eigenvalue weighted by atomic mass is 15.3. The second kappa shape index (κ2) is 6.49. The normalized spacial score (nSPS) is 12.8. The lowest BCUT2D eigenvalue weighted by Crippen LogP contribution is -2.26. The van der Waals surface area contributed by atoms with Gasteiger partial charge in [0.2, 0.25) is 11.9 Å². The van der Waals surface area contributed by atoms with Crippen LogP contribution in [0.25, 0.3) is 0 Å². The number of hydrogen-bond acceptors (Lipinski definition) is 6. The number of nitrogen functional groups attached to an aromatic ring is 1. The Morgan fingerprint density at radius 3 is 2.39 bits per heavy atom. The van der Waals surface area contributed by atoms with E-state index in [1.54, 1.807) is 0 Å². The number of nitrogens with zero attached hydrogens (tertiary/aromatic N) is 5. The van der Waals surface area contributed by atoms with E-state index in [1.165, 1.54) is 12.8 Å². The van der Waals surface area contributed by atoms with Crippen LogP contribution in [-0.2, 0) is 0 Å². The predicted octanol–water partition coefficient (Wildman–Crippen LogP) is 1.31. The van der Waals surface area contributed by atoms with Crippen molar-refractivity contribution >= 4 is 11.9 Å². The molecule has 0 aliphatic carbocycles. The molecule has 0 bridgehead atoms. The van der Waals surface area contributed by atoms with Crippen LogP contribution in [0.4, 0.5) is 11.9 Å². The van der Waals surface area contributed by atoms with Gasteiger partial charge in [0.25, 0.3) is 0 Å². The molecule has 0 unspecified atom stereocenters. The zero-order valence-corrected chi connectivity index (χ0v) is 12.0. The Balaban J connectivity index is 2.87. The number of aromatic nitrogens is 3. The van der Waals surface area contributed by atoms with Crippen LogP contribution in [0.3, 0.4) is 0 Å². The van der Waals surface area contributed by atoms with E-state index in [4.69, 9.17) is 5.73 Å². The summed E-state index contributed by atoms with van der Waals surface area (Å²) in [6, 6.07) is 0.139. The van der Waals surface area contributed by atoms with E-state index in [-0.39, 0.29) is 12.0 Å². The van der Waals surface area contributed by atoms with Crippen molar-refractivity contribution in [1.29, 1.82) is 0 Å². The lowest BCUT2D eigenvalue weighted by molar-refractivity contribution is 0.248. The third-order valence-corrected chi connectivity index (χ3v) is 2.96. The van der Waals surface area contributed by atoms with Crippen LogP contribution in [0.5, 0.6) is 0 Å². The molecule has 0 aliphatic heterocycles. The zero-order chi connectivity index (χ0) is 13.7. The quantitative estimate of drug-likeness (QED) is 0.823. The molecule has 6 heteroatoms. The lowest BCUT2D eigenvalue weighted by Gasteiger charge is -2.24. The van der Waals surface area contributed by atoms with E-state index in [0.29, 0.717) is 5.95 Å². The summed E-state index contributed by atoms with van der Waals surface area (Å²) in [6.07, 6.45) is 2.35. The number of rotatable bonds is 6. The van der Waals surface area contributed by atoms with Crippen molar-refractivity contribution in [2.24, 2.45) is 0 Å². The van der Waals surface area contributed by atoms with Crippen molar-refractivity contribution in [3.8, 4) is 0 Å². The maximum Gasteiger partial charge on any atom is 0.229 e. The summed E-state index contributed by atoms with van der Waals surface area (Å²) in [4.78, 5) is 16.8. The minimum absolute atomic E-state index is 0.139. The monoisotopic (exact) mass is 252 g/mol. The molecule has 1 heterocycles. The van der Waals surface area contributed by atoms with E-state index < -0.39 is 0 Å². The fourth-order valence-electron chi connectivity index (χ4n) is 1.58. The average Bonchev–Trinajstić information content (AvgIpc) is 2.34. The molecule has 1 rings (SSSR count). The largest absolute Gasteiger partial charge is 0.368 e. The Morgan fingerprint density at radius 1 is 1.17 bits per heavy atom. The highest BCUT2D eigenvalue weighted by Gasteiger charge is 2.16. The van der Waals surface area contributed by atoms with Gasteiger partial charge in [0.05, 0.1) is 6.04 Å². The van der Waals surface area contributed by atoms with Crippen LogP contribution in [-0.4, -0.2) is 47.5 Å². The Kier molecular flexibility index (Phi) is 5.27. The van der Waals surface area contributed by atoms with Crippen molar-refractivity contribution in [2.75, 3.05) is 38.3 Å². The van der Waals surface area contributed by atoms with Crippen LogP contribution < -0.4 is 10.6 Å². The maximum atomic E-state index is 5.73. The van der Waals surface area contributed by atoms with Gasteiger partial charge in [0.1, 0.15) is 0 Å². The molecular weight excluding hydrogens is 228 g/mol. The van der Waals surface area contributed by atoms with Crippen LogP contribution in [0.15, 0.2) is 0 Å². The predicted molar refractivity (Wildman–Crippen MR) is 74.5 cm³/mol. The second-order valence-corrected chi connectivity index (χ2v) is 4.76. The highest BCUT2D eigenvalue weighted by Crippen LogP contribution is 2.17. The van der Waals surface area contributed by atoms with Crippen molar-refractivity contribution in [3.05, 3.63) is 5.82 Å². The third kappa shape index (κ3) is 3.80. The zero-order valence-electron chi connectivity index (χ0n) is 12.0. The van der Waals surface area contributed by atoms with Gasteiger partial charge in [0.15, 0.2) is 5.82 Å². The first-order valence-electron chi connectivity index (χ1n) is 6.34. The number of unbranched alkanes of at least 4 members (excludes halogenated alkanes) is 1. The summed E-state index contributed by atoms with van der Waals surface area (Å²) in [5.74, 6) is 1.61. The summed E-state index contributed by atoms with van der Waals surface area (Å²) in [5, 5.41) is 0. The molecule has 1 aromatic heterocycles. The number of hydrogen-bond donors (Lipinski definition) is 1. The topological polar surface area (TPSA) is 71.2 Å². The van der Waals surface area contributed by atoms with Crippen molar-refractivity contribution in [1.82, 2.24) is 19.9 Å². The number of nitrogens with two attached hydrogens (primary N) is 1. The lowest BCUT2D eigenvalue weighted by atomic mass is 10.2. The van der Waals surface area contributed by atoms with Gasteiger partial charge in [0, 0.05) is 14.1 Å². The highest BCUT2D eigenvalue weighted by molar-refractivity contribution is 5.33. The molecule has 6 nitrogen and oxygen atoms in total. The minimum atomic E-state index is 0.139. The molecule has 18 heavy (non-hydrogen) atoms. The van der Waals surface area contributed by atoms with Gasteiger partial charge in [-0.3, -0.25) is 4.90 Å². The SMILES string of the molecule is CCCCN(C)[C@H](C)c1nc(N)nc(N(C)C)n1. The first-order chi connectivity index (χ1) is 8.45. The standard InChI is InChI=1S/C12H24N6/c1-6-7-8-18(5)9(2)10-14-11(13)16-12(15-10)17(3)4/h9H,6-8H2,1-5H3,(H2,13,14,15,16)/t9-/m1/s1. The molecule has 102 valence electrons. The smallest absolute Gasteiger partial charge is 0.229 e. The Morgan fingerprint density at radius 2 is 1.83 bits per heavy atom. The van der Waals surface area contributed by atoms with Gasteiger partial charge >= 0.3 is 0 Å². The Bertz CT molecular complexity index is 379. The van der Waals surface area contributed by atoms with Crippen molar-refractivity contribution < 1.29 is 0 Å². The molecule has 0 saturated carbocycles. The molecule has 0 saturated heterocycles. The van der Waals surface area contributed by atoms with E-state index in [0.717, 1.165) is 12.4 Å². The third-order valence-electron chi connectivity index (χ3n) is 2.96. The van der Waals surface area contributed by atoms with E-state index in [1.807, 2.05) is 19.0 Å². The van der Waals surface area contributed by atoms with E-state index in [9.17, 15) is 0 Å². The van der Waals surface area contributed by atoms with Gasteiger partial charge in [-0.15, -0.1) is 0 Å². The summed E-state index contributed by atoms with van der Waals surface area (Å²) >= 11 is 0. The van der Waals surface area contributed by atoms with E-state index >= 15 is 0 Å². The second-order valence-electron chi connectivity index (χ2n) is 4.76. The summed E-state index contributed by atoms with van der Waals surface area (Å²) < 4.78 is 0. The van der Waals surface area contributed by atoms with Gasteiger partial charge in [-0.25, -0.2) is 0 Å². The first-order valence-corrected chi connectivity index (χ1v) is 6.34. The number of anilines is 2. The molecule has 0 fully saturated rings. The molecule has 0 amide bonds. The van der Waals surface area contributed by atoms with Crippen LogP contribution in [0, 0.1) is 0 Å². The molecule has 0 spiro atoms. The minimum Gasteiger partial charge on any atom is -0.368 e. The fourth-order valence-corrected chi connectivity index (χ4v) is 1.58. The Labute approximate surface area is 109 Å². The molecule has 0 aliphatic rings. The van der Waals surface area contributed by atoms with E-state index in [2.05, 4.69) is 40.7 Å². The van der Waals surface area contributed by atoms with Gasteiger partial charge in [-0.2, -0.15) is 15.0 Å². The van der Waals surface area contributed by atoms with Crippen LogP contribution >= 0.6 is 0 Å². The molecular formula is C12H24N6. The van der Waals surface area contributed by atoms with Crippen molar-refractivity contribution in [2.45, 2.75) is 32.7 Å². The summed E-state index contributed by atoms with van der Waals surface area (Å²) in [7, 11) is 5.86. The van der Waals surface area contributed by atoms with Gasteiger partial charge in [-0.05, 0) is 26.9 Å². The van der Waals surface area contributed by atoms with Crippen molar-refractivity contribution in [3.63, 3.8) is 0 Å². The summed E-state index contributed by atoms with van der Waals surface area (Å²) in [5.41, 5.74) is 5.73. The summed E-state index contributed by atoms with van der Waals surface area (Å²) in [6.45, 7) is 5.30. The van der Waals surface area contributed by atoms with Gasteiger partial charge < -0.3 is 10.6 Å². The van der Waals surface area contributed by atoms with Crippen LogP contribution in [0.2, 0.25) is 0 Å². The molecule has 0 aromatic carbocycles. The molecule has 0 radical (unpaired) electrons. The fraction of sp³-hybridized carbons (Fsp3) is 0.750. The molecule has 1 aromatic rings. The first kappa shape index (κ1) is 14.6.